The van der Waals surface area contributed by atoms with Gasteiger partial charge in [-0.05, 0) is 35.4 Å². The number of benzene rings is 3. The Kier molecular flexibility index (Phi) is 6.68. The van der Waals surface area contributed by atoms with Crippen molar-refractivity contribution in [3.8, 4) is 16.9 Å². The lowest BCUT2D eigenvalue weighted by molar-refractivity contribution is -0.153. The van der Waals surface area contributed by atoms with Crippen LogP contribution in [0.4, 0.5) is 23.2 Å². The Morgan fingerprint density at radius 3 is 2.26 bits per heavy atom. The molecule has 4 nitrogen and oxygen atoms in total. The summed E-state index contributed by atoms with van der Waals surface area (Å²) < 4.78 is 84.5. The second-order valence-corrected chi connectivity index (χ2v) is 8.78. The number of hydrogen-bond acceptors (Lipinski definition) is 3. The van der Waals surface area contributed by atoms with Gasteiger partial charge in [0.2, 0.25) is 0 Å². The first-order chi connectivity index (χ1) is 14.5. The van der Waals surface area contributed by atoms with E-state index >= 15 is 0 Å². The van der Waals surface area contributed by atoms with Crippen LogP contribution in [0.2, 0.25) is 10.0 Å². The first-order valence-electron chi connectivity index (χ1n) is 8.53. The first-order valence-corrected chi connectivity index (χ1v) is 10.8. The van der Waals surface area contributed by atoms with E-state index in [-0.39, 0.29) is 5.02 Å². The highest BCUT2D eigenvalue weighted by atomic mass is 35.5. The maximum absolute atomic E-state index is 14.3. The lowest BCUT2D eigenvalue weighted by Crippen LogP contribution is -2.21. The van der Waals surface area contributed by atoms with Gasteiger partial charge in [-0.2, -0.15) is 13.2 Å². The monoisotopic (exact) mass is 493 g/mol. The maximum atomic E-state index is 14.3. The van der Waals surface area contributed by atoms with Gasteiger partial charge in [0.05, 0.1) is 10.7 Å². The molecule has 0 atom stereocenters. The normalized spacial score (nSPS) is 11.9. The largest absolute Gasteiger partial charge is 0.481 e. The maximum Gasteiger partial charge on any atom is 0.422 e. The number of hydrogen-bond donors (Lipinski definition) is 1. The molecule has 3 aromatic carbocycles. The third-order valence-corrected chi connectivity index (χ3v) is 5.83. The summed E-state index contributed by atoms with van der Waals surface area (Å²) in [6, 6.07) is 14.4. The minimum Gasteiger partial charge on any atom is -0.481 e. The molecular formula is C20H13Cl2F4NO3S. The second kappa shape index (κ2) is 8.94. The number of anilines is 1. The zero-order valence-corrected chi connectivity index (χ0v) is 17.7. The van der Waals surface area contributed by atoms with Crippen LogP contribution in [0.5, 0.6) is 5.75 Å². The number of halogens is 6. The van der Waals surface area contributed by atoms with Crippen LogP contribution in [0.3, 0.4) is 0 Å². The number of sulfonamides is 1. The van der Waals surface area contributed by atoms with Crippen molar-refractivity contribution in [1.29, 1.82) is 0 Å². The molecular weight excluding hydrogens is 481 g/mol. The number of alkyl halides is 3. The van der Waals surface area contributed by atoms with Crippen molar-refractivity contribution in [3.63, 3.8) is 0 Å². The van der Waals surface area contributed by atoms with Gasteiger partial charge in [0, 0.05) is 5.02 Å². The summed E-state index contributed by atoms with van der Waals surface area (Å²) in [6.07, 6.45) is -4.74. The van der Waals surface area contributed by atoms with Crippen LogP contribution in [0.15, 0.2) is 65.6 Å². The molecule has 0 bridgehead atoms. The quantitative estimate of drug-likeness (QED) is 0.396. The van der Waals surface area contributed by atoms with E-state index in [1.807, 2.05) is 4.72 Å². The minimum atomic E-state index is -4.74. The fraction of sp³-hybridized carbons (Fsp3) is 0.100. The lowest BCUT2D eigenvalue weighted by atomic mass is 10.1. The van der Waals surface area contributed by atoms with Gasteiger partial charge >= 0.3 is 6.18 Å². The van der Waals surface area contributed by atoms with Crippen molar-refractivity contribution in [2.45, 2.75) is 11.1 Å². The summed E-state index contributed by atoms with van der Waals surface area (Å²) in [5, 5.41) is -0.612. The molecule has 0 saturated heterocycles. The third-order valence-electron chi connectivity index (χ3n) is 3.96. The second-order valence-electron chi connectivity index (χ2n) is 6.28. The summed E-state index contributed by atoms with van der Waals surface area (Å²) in [5.74, 6) is -1.65. The summed E-state index contributed by atoms with van der Waals surface area (Å²) in [4.78, 5) is -0.765. The van der Waals surface area contributed by atoms with Gasteiger partial charge in [0.15, 0.2) is 12.4 Å². The number of ether oxygens (including phenoxy) is 1. The predicted molar refractivity (Wildman–Crippen MR) is 111 cm³/mol. The summed E-state index contributed by atoms with van der Waals surface area (Å²) in [5.41, 5.74) is 0.791. The molecule has 0 spiro atoms. The van der Waals surface area contributed by atoms with Crippen molar-refractivity contribution in [1.82, 2.24) is 0 Å². The van der Waals surface area contributed by atoms with Gasteiger partial charge in [-0.15, -0.1) is 0 Å². The molecule has 0 aromatic heterocycles. The van der Waals surface area contributed by atoms with E-state index in [0.717, 1.165) is 18.2 Å². The molecule has 0 radical (unpaired) electrons. The molecule has 0 unspecified atom stereocenters. The fourth-order valence-electron chi connectivity index (χ4n) is 2.64. The zero-order valence-electron chi connectivity index (χ0n) is 15.4. The van der Waals surface area contributed by atoms with E-state index in [9.17, 15) is 26.0 Å². The van der Waals surface area contributed by atoms with Crippen molar-refractivity contribution < 1.29 is 30.7 Å². The molecule has 0 aliphatic heterocycles. The van der Waals surface area contributed by atoms with Crippen molar-refractivity contribution in [2.75, 3.05) is 11.3 Å². The van der Waals surface area contributed by atoms with E-state index < -0.39 is 50.0 Å². The van der Waals surface area contributed by atoms with E-state index in [4.69, 9.17) is 23.2 Å². The molecule has 0 fully saturated rings. The molecule has 11 heteroatoms. The topological polar surface area (TPSA) is 55.4 Å². The summed E-state index contributed by atoms with van der Waals surface area (Å²) in [6.45, 7) is -1.78. The van der Waals surface area contributed by atoms with Crippen LogP contribution in [-0.4, -0.2) is 21.2 Å². The lowest BCUT2D eigenvalue weighted by Gasteiger charge is -2.17. The van der Waals surface area contributed by atoms with E-state index in [1.54, 1.807) is 30.3 Å². The standard InChI is InChI=1S/C20H13Cl2F4NO3S/c21-14-9-15(22)19(30-11-20(24,25)26)18(10-14)31(28,29)27-17-8-13(6-7-16(17)23)12-4-2-1-3-5-12/h1-10,27H,11H2. The third kappa shape index (κ3) is 5.81. The Morgan fingerprint density at radius 2 is 1.61 bits per heavy atom. The Labute approximate surface area is 185 Å². The molecule has 0 aliphatic rings. The molecule has 31 heavy (non-hydrogen) atoms. The number of rotatable bonds is 6. The Morgan fingerprint density at radius 1 is 0.935 bits per heavy atom. The SMILES string of the molecule is O=S(=O)(Nc1cc(-c2ccccc2)ccc1F)c1cc(Cl)cc(Cl)c1OCC(F)(F)F. The highest BCUT2D eigenvalue weighted by Crippen LogP contribution is 2.37. The minimum absolute atomic E-state index is 0.164. The van der Waals surface area contributed by atoms with Gasteiger partial charge < -0.3 is 4.74 Å². The van der Waals surface area contributed by atoms with Gasteiger partial charge in [0.1, 0.15) is 10.7 Å². The first kappa shape index (κ1) is 23.2. The highest BCUT2D eigenvalue weighted by Gasteiger charge is 2.31. The van der Waals surface area contributed by atoms with Crippen LogP contribution in [0, 0.1) is 5.82 Å². The van der Waals surface area contributed by atoms with E-state index in [2.05, 4.69) is 4.74 Å². The molecule has 0 heterocycles. The average molecular weight is 494 g/mol. The molecule has 164 valence electrons. The van der Waals surface area contributed by atoms with Crippen LogP contribution in [0.25, 0.3) is 11.1 Å². The van der Waals surface area contributed by atoms with Gasteiger partial charge in [0.25, 0.3) is 10.0 Å². The van der Waals surface area contributed by atoms with Crippen molar-refractivity contribution in [2.24, 2.45) is 0 Å². The smallest absolute Gasteiger partial charge is 0.422 e. The Balaban J connectivity index is 2.01. The molecule has 1 N–H and O–H groups in total. The van der Waals surface area contributed by atoms with E-state index in [1.165, 1.54) is 12.1 Å². The molecule has 0 amide bonds. The molecule has 0 aliphatic carbocycles. The van der Waals surface area contributed by atoms with Crippen molar-refractivity contribution in [3.05, 3.63) is 76.5 Å². The molecule has 0 saturated carbocycles. The predicted octanol–water partition coefficient (Wildman–Crippen LogP) is 6.54. The Bertz CT molecular complexity index is 1200. The van der Waals surface area contributed by atoms with Crippen molar-refractivity contribution >= 4 is 38.9 Å². The summed E-state index contributed by atoms with van der Waals surface area (Å²) >= 11 is 11.7. The molecule has 3 aromatic rings. The Hall–Kier alpha value is -2.49. The van der Waals surface area contributed by atoms with Crippen LogP contribution >= 0.6 is 23.2 Å². The highest BCUT2D eigenvalue weighted by molar-refractivity contribution is 7.92. The average Bonchev–Trinajstić information content (AvgIpc) is 2.68. The van der Waals surface area contributed by atoms with Gasteiger partial charge in [-0.3, -0.25) is 4.72 Å². The fourth-order valence-corrected chi connectivity index (χ4v) is 4.56. The number of nitrogens with one attached hydrogen (secondary N) is 1. The van der Waals surface area contributed by atoms with Gasteiger partial charge in [-0.1, -0.05) is 59.6 Å². The summed E-state index contributed by atoms with van der Waals surface area (Å²) in [7, 11) is -4.63. The zero-order chi connectivity index (χ0) is 22.8. The van der Waals surface area contributed by atoms with Crippen LogP contribution < -0.4 is 9.46 Å². The van der Waals surface area contributed by atoms with Crippen LogP contribution in [0.1, 0.15) is 0 Å². The molecule has 3 rings (SSSR count). The van der Waals surface area contributed by atoms with Gasteiger partial charge in [-0.25, -0.2) is 12.8 Å². The van der Waals surface area contributed by atoms with E-state index in [0.29, 0.717) is 11.1 Å². The van der Waals surface area contributed by atoms with Crippen LogP contribution in [-0.2, 0) is 10.0 Å².